The molecule has 5 heteroatoms. The van der Waals surface area contributed by atoms with Crippen molar-refractivity contribution in [2.75, 3.05) is 25.0 Å². The van der Waals surface area contributed by atoms with Gasteiger partial charge < -0.3 is 9.64 Å². The molecule has 3 rings (SSSR count). The van der Waals surface area contributed by atoms with Crippen LogP contribution in [0, 0.1) is 19.8 Å². The van der Waals surface area contributed by atoms with E-state index in [0.29, 0.717) is 12.4 Å². The number of likely N-dealkylation sites (tertiary alicyclic amines) is 1. The minimum Gasteiger partial charge on any atom is -0.376 e. The summed E-state index contributed by atoms with van der Waals surface area (Å²) >= 11 is 0. The van der Waals surface area contributed by atoms with Crippen molar-refractivity contribution in [2.45, 2.75) is 45.6 Å². The molecule has 1 saturated carbocycles. The zero-order valence-electron chi connectivity index (χ0n) is 13.5. The maximum Gasteiger partial charge on any atom is 0.323 e. The van der Waals surface area contributed by atoms with Gasteiger partial charge in [0.25, 0.3) is 0 Å². The van der Waals surface area contributed by atoms with E-state index in [1.54, 1.807) is 0 Å². The van der Waals surface area contributed by atoms with E-state index in [1.807, 2.05) is 30.9 Å². The third-order valence-corrected chi connectivity index (χ3v) is 4.26. The monoisotopic (exact) mass is 303 g/mol. The van der Waals surface area contributed by atoms with Crippen molar-refractivity contribution < 1.29 is 9.53 Å². The van der Waals surface area contributed by atoms with Gasteiger partial charge in [-0.3, -0.25) is 5.32 Å². The Morgan fingerprint density at radius 2 is 2.18 bits per heavy atom. The van der Waals surface area contributed by atoms with Gasteiger partial charge in [-0.1, -0.05) is 0 Å². The number of hydrogen-bond donors (Lipinski definition) is 1. The van der Waals surface area contributed by atoms with E-state index in [1.165, 1.54) is 12.8 Å². The molecule has 1 atom stereocenters. The highest BCUT2D eigenvalue weighted by Crippen LogP contribution is 2.30. The molecule has 0 aromatic carbocycles. The number of piperidine rings is 1. The number of aryl methyl sites for hydroxylation is 2. The molecule has 2 fully saturated rings. The first-order chi connectivity index (χ1) is 10.6. The molecule has 0 spiro atoms. The van der Waals surface area contributed by atoms with Crippen LogP contribution in [0.3, 0.4) is 0 Å². The van der Waals surface area contributed by atoms with Crippen LogP contribution in [0.5, 0.6) is 0 Å². The first-order valence-electron chi connectivity index (χ1n) is 8.23. The first-order valence-corrected chi connectivity index (χ1v) is 8.23. The molecule has 1 aromatic heterocycles. The summed E-state index contributed by atoms with van der Waals surface area (Å²) in [5.41, 5.74) is 2.02. The number of hydrogen-bond acceptors (Lipinski definition) is 3. The normalized spacial score (nSPS) is 21.7. The maximum absolute atomic E-state index is 12.4. The fraction of sp³-hybridized carbons (Fsp3) is 0.647. The summed E-state index contributed by atoms with van der Waals surface area (Å²) in [5, 5.41) is 2.91. The Balaban J connectivity index is 1.54. The molecule has 1 N–H and O–H groups in total. The molecule has 120 valence electrons. The van der Waals surface area contributed by atoms with Crippen LogP contribution in [0.1, 0.15) is 36.9 Å². The van der Waals surface area contributed by atoms with E-state index in [2.05, 4.69) is 10.3 Å². The van der Waals surface area contributed by atoms with Gasteiger partial charge in [0.1, 0.15) is 5.82 Å². The molecule has 5 nitrogen and oxygen atoms in total. The number of nitrogens with zero attached hydrogens (tertiary/aromatic N) is 2. The number of urea groups is 1. The topological polar surface area (TPSA) is 54.5 Å². The lowest BCUT2D eigenvalue weighted by atomic mass is 10.1. The summed E-state index contributed by atoms with van der Waals surface area (Å²) < 4.78 is 5.94. The van der Waals surface area contributed by atoms with E-state index >= 15 is 0 Å². The van der Waals surface area contributed by atoms with Gasteiger partial charge in [0.15, 0.2) is 0 Å². The van der Waals surface area contributed by atoms with E-state index in [-0.39, 0.29) is 12.1 Å². The van der Waals surface area contributed by atoms with E-state index in [9.17, 15) is 4.79 Å². The number of aromatic nitrogens is 1. The van der Waals surface area contributed by atoms with Gasteiger partial charge in [-0.25, -0.2) is 9.78 Å². The molecule has 1 unspecified atom stereocenters. The van der Waals surface area contributed by atoms with Crippen molar-refractivity contribution in [3.05, 3.63) is 23.4 Å². The van der Waals surface area contributed by atoms with Crippen molar-refractivity contribution in [3.63, 3.8) is 0 Å². The minimum atomic E-state index is -0.0720. The second-order valence-corrected chi connectivity index (χ2v) is 6.59. The van der Waals surface area contributed by atoms with Gasteiger partial charge in [0, 0.05) is 25.4 Å². The molecule has 1 saturated heterocycles. The Hall–Kier alpha value is -1.62. The standard InChI is InChI=1S/C17H25N3O2/c1-12-8-13(2)18-16(9-12)19-17(21)20-7-3-4-15(10-20)22-11-14-5-6-14/h8-9,14-15H,3-7,10-11H2,1-2H3,(H,18,19,21). The SMILES string of the molecule is Cc1cc(C)nc(NC(=O)N2CCCC(OCC3CC3)C2)c1. The molecule has 2 heterocycles. The number of amides is 2. The van der Waals surface area contributed by atoms with Crippen molar-refractivity contribution in [1.29, 1.82) is 0 Å². The van der Waals surface area contributed by atoms with Crippen molar-refractivity contribution >= 4 is 11.8 Å². The van der Waals surface area contributed by atoms with Crippen LogP contribution in [0.15, 0.2) is 12.1 Å². The number of anilines is 1. The number of carbonyl (C=O) groups excluding carboxylic acids is 1. The Bertz CT molecular complexity index is 522. The number of carbonyl (C=O) groups is 1. The Kier molecular flexibility index (Phi) is 4.62. The van der Waals surface area contributed by atoms with Crippen molar-refractivity contribution in [2.24, 2.45) is 5.92 Å². The minimum absolute atomic E-state index is 0.0720. The van der Waals surface area contributed by atoms with Gasteiger partial charge in [0.2, 0.25) is 0 Å². The average molecular weight is 303 g/mol. The fourth-order valence-corrected chi connectivity index (χ4v) is 2.91. The van der Waals surface area contributed by atoms with Crippen LogP contribution >= 0.6 is 0 Å². The predicted molar refractivity (Wildman–Crippen MR) is 86.0 cm³/mol. The van der Waals surface area contributed by atoms with Crippen molar-refractivity contribution in [1.82, 2.24) is 9.88 Å². The molecule has 2 amide bonds. The summed E-state index contributed by atoms with van der Waals surface area (Å²) in [6.07, 6.45) is 4.85. The predicted octanol–water partition coefficient (Wildman–Crippen LogP) is 3.12. The Labute approximate surface area is 132 Å². The molecular weight excluding hydrogens is 278 g/mol. The lowest BCUT2D eigenvalue weighted by Crippen LogP contribution is -2.45. The summed E-state index contributed by atoms with van der Waals surface area (Å²) in [5.74, 6) is 1.40. The average Bonchev–Trinajstić information content (AvgIpc) is 3.28. The Morgan fingerprint density at radius 1 is 1.36 bits per heavy atom. The van der Waals surface area contributed by atoms with E-state index in [0.717, 1.165) is 43.2 Å². The molecule has 2 aliphatic rings. The lowest BCUT2D eigenvalue weighted by molar-refractivity contribution is 0.00597. The van der Waals surface area contributed by atoms with Gasteiger partial charge >= 0.3 is 6.03 Å². The van der Waals surface area contributed by atoms with Gasteiger partial charge in [-0.2, -0.15) is 0 Å². The lowest BCUT2D eigenvalue weighted by Gasteiger charge is -2.32. The smallest absolute Gasteiger partial charge is 0.323 e. The largest absolute Gasteiger partial charge is 0.376 e. The van der Waals surface area contributed by atoms with Crippen LogP contribution in [0.25, 0.3) is 0 Å². The molecule has 22 heavy (non-hydrogen) atoms. The molecule has 1 aliphatic carbocycles. The van der Waals surface area contributed by atoms with Crippen LogP contribution in [-0.4, -0.2) is 41.7 Å². The first kappa shape index (κ1) is 15.3. The zero-order chi connectivity index (χ0) is 15.5. The highest BCUT2D eigenvalue weighted by atomic mass is 16.5. The van der Waals surface area contributed by atoms with Crippen LogP contribution in [0.4, 0.5) is 10.6 Å². The van der Waals surface area contributed by atoms with Crippen LogP contribution in [-0.2, 0) is 4.74 Å². The van der Waals surface area contributed by atoms with Crippen LogP contribution < -0.4 is 5.32 Å². The number of pyridine rings is 1. The Morgan fingerprint density at radius 3 is 2.91 bits per heavy atom. The van der Waals surface area contributed by atoms with E-state index in [4.69, 9.17) is 4.74 Å². The number of nitrogens with one attached hydrogen (secondary N) is 1. The summed E-state index contributed by atoms with van der Waals surface area (Å²) in [6.45, 7) is 6.28. The highest BCUT2D eigenvalue weighted by molar-refractivity contribution is 5.88. The molecule has 1 aromatic rings. The quantitative estimate of drug-likeness (QED) is 0.930. The van der Waals surface area contributed by atoms with E-state index < -0.39 is 0 Å². The van der Waals surface area contributed by atoms with Gasteiger partial charge in [-0.05, 0) is 63.1 Å². The second-order valence-electron chi connectivity index (χ2n) is 6.59. The summed E-state index contributed by atoms with van der Waals surface area (Å²) in [4.78, 5) is 18.6. The third kappa shape index (κ3) is 4.19. The van der Waals surface area contributed by atoms with Gasteiger partial charge in [0.05, 0.1) is 6.10 Å². The van der Waals surface area contributed by atoms with Crippen LogP contribution in [0.2, 0.25) is 0 Å². The zero-order valence-corrected chi connectivity index (χ0v) is 13.5. The number of ether oxygens (including phenoxy) is 1. The second kappa shape index (κ2) is 6.65. The highest BCUT2D eigenvalue weighted by Gasteiger charge is 2.27. The van der Waals surface area contributed by atoms with Crippen molar-refractivity contribution in [3.8, 4) is 0 Å². The summed E-state index contributed by atoms with van der Waals surface area (Å²) in [7, 11) is 0. The fourth-order valence-electron chi connectivity index (χ4n) is 2.91. The number of rotatable bonds is 4. The summed E-state index contributed by atoms with van der Waals surface area (Å²) in [6, 6.07) is 3.83. The molecule has 0 radical (unpaired) electrons. The molecule has 1 aliphatic heterocycles. The molecular formula is C17H25N3O2. The third-order valence-electron chi connectivity index (χ3n) is 4.26. The maximum atomic E-state index is 12.4. The molecule has 0 bridgehead atoms. The van der Waals surface area contributed by atoms with Gasteiger partial charge in [-0.15, -0.1) is 0 Å².